The van der Waals surface area contributed by atoms with Crippen molar-refractivity contribution in [3.63, 3.8) is 0 Å². The summed E-state index contributed by atoms with van der Waals surface area (Å²) in [4.78, 5) is 10.8. The third-order valence-electron chi connectivity index (χ3n) is 2.81. The molecule has 0 aromatic rings. The first-order valence-corrected chi connectivity index (χ1v) is 3.88. The standard InChI is InChI=1S/C8H12O3/c1-7-2-8(3-7,6(9)10)5-11-4-7/h2-5H2,1H3,(H,9,10). The Morgan fingerprint density at radius 1 is 1.45 bits per heavy atom. The number of aliphatic carboxylic acids is 1. The Morgan fingerprint density at radius 2 is 2.09 bits per heavy atom. The van der Waals surface area contributed by atoms with Gasteiger partial charge >= 0.3 is 5.97 Å². The Kier molecular flexibility index (Phi) is 1.15. The molecule has 0 unspecified atom stereocenters. The van der Waals surface area contributed by atoms with Gasteiger partial charge in [0.15, 0.2) is 0 Å². The van der Waals surface area contributed by atoms with Crippen LogP contribution in [0.3, 0.4) is 0 Å². The quantitative estimate of drug-likeness (QED) is 0.613. The molecule has 2 saturated heterocycles. The van der Waals surface area contributed by atoms with Gasteiger partial charge in [0.25, 0.3) is 0 Å². The van der Waals surface area contributed by atoms with Crippen LogP contribution in [0.15, 0.2) is 0 Å². The Labute approximate surface area is 65.4 Å². The molecule has 0 aromatic carbocycles. The summed E-state index contributed by atoms with van der Waals surface area (Å²) in [6, 6.07) is 0. The zero-order valence-corrected chi connectivity index (χ0v) is 6.59. The van der Waals surface area contributed by atoms with Crippen LogP contribution in [0.5, 0.6) is 0 Å². The number of hydrogen-bond donors (Lipinski definition) is 1. The number of hydrogen-bond acceptors (Lipinski definition) is 2. The maximum Gasteiger partial charge on any atom is 0.312 e. The van der Waals surface area contributed by atoms with E-state index in [9.17, 15) is 4.79 Å². The van der Waals surface area contributed by atoms with Gasteiger partial charge in [0, 0.05) is 0 Å². The van der Waals surface area contributed by atoms with Crippen molar-refractivity contribution in [1.29, 1.82) is 0 Å². The second-order valence-electron chi connectivity index (χ2n) is 4.24. The average Bonchev–Trinajstić information content (AvgIpc) is 1.85. The summed E-state index contributed by atoms with van der Waals surface area (Å²) in [6.07, 6.45) is 1.60. The molecule has 1 aliphatic carbocycles. The summed E-state index contributed by atoms with van der Waals surface area (Å²) in [5, 5.41) is 8.87. The van der Waals surface area contributed by atoms with Crippen LogP contribution in [0.4, 0.5) is 0 Å². The summed E-state index contributed by atoms with van der Waals surface area (Å²) >= 11 is 0. The summed E-state index contributed by atoms with van der Waals surface area (Å²) in [7, 11) is 0. The van der Waals surface area contributed by atoms with E-state index in [1.165, 1.54) is 0 Å². The number of carbonyl (C=O) groups is 1. The molecule has 2 bridgehead atoms. The van der Waals surface area contributed by atoms with E-state index < -0.39 is 11.4 Å². The highest BCUT2D eigenvalue weighted by molar-refractivity contribution is 5.76. The van der Waals surface area contributed by atoms with E-state index in [0.29, 0.717) is 6.61 Å². The molecule has 3 nitrogen and oxygen atoms in total. The van der Waals surface area contributed by atoms with Crippen molar-refractivity contribution in [1.82, 2.24) is 0 Å². The zero-order chi connectivity index (χ0) is 8.11. The zero-order valence-electron chi connectivity index (χ0n) is 6.59. The molecule has 3 rings (SSSR count). The van der Waals surface area contributed by atoms with Crippen molar-refractivity contribution in [2.75, 3.05) is 13.2 Å². The Bertz CT molecular complexity index is 203. The highest BCUT2D eigenvalue weighted by Crippen LogP contribution is 2.57. The molecular formula is C8H12O3. The van der Waals surface area contributed by atoms with E-state index in [4.69, 9.17) is 9.84 Å². The molecule has 0 spiro atoms. The van der Waals surface area contributed by atoms with Gasteiger partial charge in [-0.3, -0.25) is 4.79 Å². The topological polar surface area (TPSA) is 46.5 Å². The molecular weight excluding hydrogens is 144 g/mol. The SMILES string of the molecule is CC12COCC(C(=O)O)(C1)C2. The van der Waals surface area contributed by atoms with Crippen LogP contribution in [0.25, 0.3) is 0 Å². The second kappa shape index (κ2) is 1.78. The number of carboxylic acids is 1. The maximum atomic E-state index is 10.8. The van der Waals surface area contributed by atoms with Crippen LogP contribution in [-0.2, 0) is 9.53 Å². The fourth-order valence-corrected chi connectivity index (χ4v) is 2.49. The van der Waals surface area contributed by atoms with Crippen molar-refractivity contribution in [2.45, 2.75) is 19.8 Å². The normalized spacial score (nSPS) is 48.1. The predicted octanol–water partition coefficient (Wildman–Crippen LogP) is 0.888. The number of rotatable bonds is 1. The minimum atomic E-state index is -0.685. The van der Waals surface area contributed by atoms with Gasteiger partial charge in [-0.2, -0.15) is 0 Å². The van der Waals surface area contributed by atoms with E-state index in [1.807, 2.05) is 0 Å². The minimum absolute atomic E-state index is 0.163. The monoisotopic (exact) mass is 156 g/mol. The summed E-state index contributed by atoms with van der Waals surface area (Å²) in [5.74, 6) is -0.685. The van der Waals surface area contributed by atoms with Gasteiger partial charge in [0.2, 0.25) is 0 Å². The van der Waals surface area contributed by atoms with Crippen LogP contribution in [-0.4, -0.2) is 24.3 Å². The van der Waals surface area contributed by atoms with Gasteiger partial charge in [-0.15, -0.1) is 0 Å². The molecule has 0 radical (unpaired) electrons. The van der Waals surface area contributed by atoms with E-state index in [-0.39, 0.29) is 5.41 Å². The molecule has 11 heavy (non-hydrogen) atoms. The van der Waals surface area contributed by atoms with Crippen LogP contribution < -0.4 is 0 Å². The van der Waals surface area contributed by atoms with Crippen LogP contribution in [0, 0.1) is 10.8 Å². The molecule has 3 heteroatoms. The van der Waals surface area contributed by atoms with Gasteiger partial charge in [-0.25, -0.2) is 0 Å². The molecule has 1 saturated carbocycles. The summed E-state index contributed by atoms with van der Waals surface area (Å²) in [5.41, 5.74) is -0.358. The fourth-order valence-electron chi connectivity index (χ4n) is 2.49. The van der Waals surface area contributed by atoms with Crippen molar-refractivity contribution < 1.29 is 14.6 Å². The smallest absolute Gasteiger partial charge is 0.312 e. The largest absolute Gasteiger partial charge is 0.481 e. The van der Waals surface area contributed by atoms with Crippen molar-refractivity contribution in [3.8, 4) is 0 Å². The molecule has 62 valence electrons. The Hall–Kier alpha value is -0.570. The molecule has 3 fully saturated rings. The number of ether oxygens (including phenoxy) is 1. The van der Waals surface area contributed by atoms with Gasteiger partial charge in [0.1, 0.15) is 0 Å². The summed E-state index contributed by atoms with van der Waals surface area (Å²) < 4.78 is 5.22. The van der Waals surface area contributed by atoms with E-state index in [0.717, 1.165) is 19.4 Å². The number of fused-ring (bicyclic) bond motifs is 2. The van der Waals surface area contributed by atoms with Gasteiger partial charge in [0.05, 0.1) is 18.6 Å². The molecule has 2 heterocycles. The highest BCUT2D eigenvalue weighted by Gasteiger charge is 2.60. The lowest BCUT2D eigenvalue weighted by Gasteiger charge is -2.56. The first-order valence-electron chi connectivity index (χ1n) is 3.88. The third kappa shape index (κ3) is 0.805. The van der Waals surface area contributed by atoms with Gasteiger partial charge in [-0.1, -0.05) is 6.92 Å². The van der Waals surface area contributed by atoms with E-state index >= 15 is 0 Å². The molecule has 0 aromatic heterocycles. The average molecular weight is 156 g/mol. The van der Waals surface area contributed by atoms with Crippen molar-refractivity contribution in [2.24, 2.45) is 10.8 Å². The Balaban J connectivity index is 2.16. The number of carboxylic acid groups (broad SMARTS) is 1. The molecule has 0 atom stereocenters. The lowest BCUT2D eigenvalue weighted by atomic mass is 9.52. The molecule has 3 aliphatic rings. The third-order valence-corrected chi connectivity index (χ3v) is 2.81. The van der Waals surface area contributed by atoms with Gasteiger partial charge in [-0.05, 0) is 18.3 Å². The lowest BCUT2D eigenvalue weighted by molar-refractivity contribution is -0.207. The van der Waals surface area contributed by atoms with Crippen molar-refractivity contribution in [3.05, 3.63) is 0 Å². The Morgan fingerprint density at radius 3 is 2.45 bits per heavy atom. The first kappa shape index (κ1) is 7.10. The van der Waals surface area contributed by atoms with Crippen molar-refractivity contribution >= 4 is 5.97 Å². The molecule has 2 aliphatic heterocycles. The van der Waals surface area contributed by atoms with Crippen LogP contribution >= 0.6 is 0 Å². The fraction of sp³-hybridized carbons (Fsp3) is 0.875. The highest BCUT2D eigenvalue weighted by atomic mass is 16.5. The summed E-state index contributed by atoms with van der Waals surface area (Å²) in [6.45, 7) is 3.24. The minimum Gasteiger partial charge on any atom is -0.481 e. The second-order valence-corrected chi connectivity index (χ2v) is 4.24. The van der Waals surface area contributed by atoms with Crippen LogP contribution in [0.1, 0.15) is 19.8 Å². The lowest BCUT2D eigenvalue weighted by Crippen LogP contribution is -2.58. The van der Waals surface area contributed by atoms with Crippen LogP contribution in [0.2, 0.25) is 0 Å². The van der Waals surface area contributed by atoms with Gasteiger partial charge < -0.3 is 9.84 Å². The van der Waals surface area contributed by atoms with E-state index in [1.54, 1.807) is 0 Å². The molecule has 1 N–H and O–H groups in total. The first-order chi connectivity index (χ1) is 5.06. The predicted molar refractivity (Wildman–Crippen MR) is 38.2 cm³/mol. The maximum absolute atomic E-state index is 10.8. The van der Waals surface area contributed by atoms with E-state index in [2.05, 4.69) is 6.92 Å². The molecule has 0 amide bonds.